The molecule has 0 atom stereocenters. The summed E-state index contributed by atoms with van der Waals surface area (Å²) in [6.45, 7) is 4.81. The smallest absolute Gasteiger partial charge is 0.253 e. The van der Waals surface area contributed by atoms with E-state index in [0.717, 1.165) is 12.8 Å². The van der Waals surface area contributed by atoms with Crippen LogP contribution in [0, 0.1) is 23.5 Å². The summed E-state index contributed by atoms with van der Waals surface area (Å²) in [5.41, 5.74) is -0.797. The van der Waals surface area contributed by atoms with Crippen LogP contribution in [0.25, 0.3) is 0 Å². The molecule has 1 N–H and O–H groups in total. The Hall–Kier alpha value is -1.37. The van der Waals surface area contributed by atoms with Gasteiger partial charge in [0.1, 0.15) is 5.69 Å². The third-order valence-corrected chi connectivity index (χ3v) is 3.35. The van der Waals surface area contributed by atoms with Gasteiger partial charge in [0.05, 0.1) is 0 Å². The van der Waals surface area contributed by atoms with Gasteiger partial charge in [-0.2, -0.15) is 22.5 Å². The lowest BCUT2D eigenvalue weighted by Crippen LogP contribution is -2.37. The van der Waals surface area contributed by atoms with E-state index in [1.54, 1.807) is 0 Å². The van der Waals surface area contributed by atoms with Crippen LogP contribution in [0.1, 0.15) is 26.7 Å². The Labute approximate surface area is 115 Å². The van der Waals surface area contributed by atoms with Crippen molar-refractivity contribution in [3.63, 3.8) is 0 Å². The Kier molecular flexibility index (Phi) is 4.47. The lowest BCUT2D eigenvalue weighted by molar-refractivity contribution is 0.220. The first kappa shape index (κ1) is 15.0. The van der Waals surface area contributed by atoms with Crippen molar-refractivity contribution in [3.05, 3.63) is 23.5 Å². The SMILES string of the molecule is CC(C)N(CCNc1c(F)c(F)nc(F)c1F)C1CC1. The standard InChI is InChI=1S/C13H17F4N3/c1-7(2)20(8-3-4-8)6-5-18-11-9(14)12(16)19-13(17)10(11)15/h7-8H,3-6H2,1-2H3,(H,18,19). The molecule has 3 nitrogen and oxygen atoms in total. The molecule has 0 bridgehead atoms. The van der Waals surface area contributed by atoms with E-state index in [9.17, 15) is 17.6 Å². The summed E-state index contributed by atoms with van der Waals surface area (Å²) in [5.74, 6) is -6.28. The second kappa shape index (κ2) is 5.95. The lowest BCUT2D eigenvalue weighted by atomic mass is 10.3. The van der Waals surface area contributed by atoms with Crippen LogP contribution in [0.15, 0.2) is 0 Å². The number of nitrogens with zero attached hydrogens (tertiary/aromatic N) is 2. The average molecular weight is 291 g/mol. The first-order chi connectivity index (χ1) is 9.41. The number of nitrogens with one attached hydrogen (secondary N) is 1. The van der Waals surface area contributed by atoms with E-state index in [2.05, 4.69) is 15.2 Å². The van der Waals surface area contributed by atoms with Crippen LogP contribution in [-0.2, 0) is 0 Å². The van der Waals surface area contributed by atoms with Crippen molar-refractivity contribution in [2.24, 2.45) is 0 Å². The minimum Gasteiger partial charge on any atom is -0.379 e. The van der Waals surface area contributed by atoms with Crippen LogP contribution in [-0.4, -0.2) is 35.1 Å². The van der Waals surface area contributed by atoms with E-state index in [0.29, 0.717) is 18.6 Å². The van der Waals surface area contributed by atoms with Gasteiger partial charge in [-0.3, -0.25) is 4.90 Å². The average Bonchev–Trinajstić information content (AvgIpc) is 3.19. The zero-order valence-corrected chi connectivity index (χ0v) is 11.4. The van der Waals surface area contributed by atoms with Crippen LogP contribution in [0.3, 0.4) is 0 Å². The zero-order valence-electron chi connectivity index (χ0n) is 11.4. The Balaban J connectivity index is 2.00. The molecule has 1 saturated carbocycles. The number of hydrogen-bond donors (Lipinski definition) is 1. The quantitative estimate of drug-likeness (QED) is 0.645. The maximum Gasteiger partial charge on any atom is 0.253 e. The first-order valence-electron chi connectivity index (χ1n) is 6.61. The fourth-order valence-electron chi connectivity index (χ4n) is 2.22. The molecule has 20 heavy (non-hydrogen) atoms. The van der Waals surface area contributed by atoms with E-state index in [1.165, 1.54) is 0 Å². The van der Waals surface area contributed by atoms with Gasteiger partial charge in [-0.25, -0.2) is 0 Å². The highest BCUT2D eigenvalue weighted by molar-refractivity contribution is 5.45. The molecule has 1 aliphatic rings. The van der Waals surface area contributed by atoms with Crippen LogP contribution in [0.4, 0.5) is 23.2 Å². The van der Waals surface area contributed by atoms with Crippen molar-refractivity contribution in [1.82, 2.24) is 9.88 Å². The molecule has 0 unspecified atom stereocenters. The summed E-state index contributed by atoms with van der Waals surface area (Å²) in [6.07, 6.45) is 2.22. The first-order valence-corrected chi connectivity index (χ1v) is 6.61. The highest BCUT2D eigenvalue weighted by Gasteiger charge is 2.30. The van der Waals surface area contributed by atoms with Crippen LogP contribution < -0.4 is 5.32 Å². The summed E-state index contributed by atoms with van der Waals surface area (Å²) in [6, 6.07) is 0.808. The summed E-state index contributed by atoms with van der Waals surface area (Å²) < 4.78 is 52.6. The molecule has 1 fully saturated rings. The maximum atomic E-state index is 13.4. The highest BCUT2D eigenvalue weighted by atomic mass is 19.2. The third-order valence-electron chi connectivity index (χ3n) is 3.35. The van der Waals surface area contributed by atoms with Crippen LogP contribution in [0.5, 0.6) is 0 Å². The second-order valence-electron chi connectivity index (χ2n) is 5.19. The fourth-order valence-corrected chi connectivity index (χ4v) is 2.22. The molecule has 0 saturated heterocycles. The van der Waals surface area contributed by atoms with Gasteiger partial charge < -0.3 is 5.32 Å². The summed E-state index contributed by atoms with van der Waals surface area (Å²) in [7, 11) is 0. The molecule has 1 aromatic rings. The Morgan fingerprint density at radius 1 is 1.15 bits per heavy atom. The van der Waals surface area contributed by atoms with E-state index in [-0.39, 0.29) is 6.54 Å². The minimum absolute atomic E-state index is 0.200. The largest absolute Gasteiger partial charge is 0.379 e. The summed E-state index contributed by atoms with van der Waals surface area (Å²) in [4.78, 5) is 4.70. The van der Waals surface area contributed by atoms with Crippen LogP contribution in [0.2, 0.25) is 0 Å². The Morgan fingerprint density at radius 3 is 2.15 bits per heavy atom. The molecular weight excluding hydrogens is 274 g/mol. The third kappa shape index (κ3) is 3.20. The van der Waals surface area contributed by atoms with Crippen molar-refractivity contribution in [1.29, 1.82) is 0 Å². The predicted molar refractivity (Wildman–Crippen MR) is 67.4 cm³/mol. The van der Waals surface area contributed by atoms with Gasteiger partial charge in [0.15, 0.2) is 0 Å². The molecule has 1 heterocycles. The number of aromatic nitrogens is 1. The predicted octanol–water partition coefficient (Wildman–Crippen LogP) is 2.92. The van der Waals surface area contributed by atoms with Gasteiger partial charge >= 0.3 is 0 Å². The topological polar surface area (TPSA) is 28.2 Å². The van der Waals surface area contributed by atoms with Gasteiger partial charge in [0.2, 0.25) is 11.6 Å². The fraction of sp³-hybridized carbons (Fsp3) is 0.615. The number of hydrogen-bond acceptors (Lipinski definition) is 3. The summed E-state index contributed by atoms with van der Waals surface area (Å²) in [5, 5.41) is 2.42. The molecule has 7 heteroatoms. The van der Waals surface area contributed by atoms with Crippen molar-refractivity contribution < 1.29 is 17.6 Å². The molecule has 0 spiro atoms. The Morgan fingerprint density at radius 2 is 1.70 bits per heavy atom. The van der Waals surface area contributed by atoms with E-state index in [4.69, 9.17) is 0 Å². The van der Waals surface area contributed by atoms with Crippen LogP contribution >= 0.6 is 0 Å². The van der Waals surface area contributed by atoms with Gasteiger partial charge in [-0.15, -0.1) is 0 Å². The minimum atomic E-state index is -1.64. The Bertz CT molecular complexity index is 461. The molecule has 0 amide bonds. The molecular formula is C13H17F4N3. The van der Waals surface area contributed by atoms with Gasteiger partial charge in [0.25, 0.3) is 11.9 Å². The lowest BCUT2D eigenvalue weighted by Gasteiger charge is -2.26. The van der Waals surface area contributed by atoms with E-state index < -0.39 is 29.2 Å². The van der Waals surface area contributed by atoms with Crippen molar-refractivity contribution in [2.75, 3.05) is 18.4 Å². The normalized spacial score (nSPS) is 15.2. The van der Waals surface area contributed by atoms with Crippen molar-refractivity contribution >= 4 is 5.69 Å². The number of rotatable bonds is 6. The van der Waals surface area contributed by atoms with Crippen molar-refractivity contribution in [3.8, 4) is 0 Å². The number of halogens is 4. The second-order valence-corrected chi connectivity index (χ2v) is 5.19. The van der Waals surface area contributed by atoms with Crippen molar-refractivity contribution in [2.45, 2.75) is 38.8 Å². The number of anilines is 1. The molecule has 0 aromatic carbocycles. The molecule has 112 valence electrons. The van der Waals surface area contributed by atoms with E-state index in [1.807, 2.05) is 13.8 Å². The monoisotopic (exact) mass is 291 g/mol. The van der Waals surface area contributed by atoms with E-state index >= 15 is 0 Å². The van der Waals surface area contributed by atoms with Gasteiger partial charge in [0, 0.05) is 25.2 Å². The molecule has 2 rings (SSSR count). The molecule has 1 aliphatic carbocycles. The highest BCUT2D eigenvalue weighted by Crippen LogP contribution is 2.28. The zero-order chi connectivity index (χ0) is 14.9. The summed E-state index contributed by atoms with van der Waals surface area (Å²) >= 11 is 0. The van der Waals surface area contributed by atoms with Gasteiger partial charge in [-0.1, -0.05) is 0 Å². The number of pyridine rings is 1. The molecule has 0 aliphatic heterocycles. The molecule has 1 aromatic heterocycles. The molecule has 0 radical (unpaired) electrons. The van der Waals surface area contributed by atoms with Gasteiger partial charge in [-0.05, 0) is 26.7 Å². The maximum absolute atomic E-state index is 13.4.